The molecule has 1 atom stereocenters. The van der Waals surface area contributed by atoms with Gasteiger partial charge in [-0.05, 0) is 42.8 Å². The van der Waals surface area contributed by atoms with Gasteiger partial charge in [0.2, 0.25) is 12.1 Å². The van der Waals surface area contributed by atoms with E-state index < -0.39 is 6.17 Å². The molecule has 2 heterocycles. The van der Waals surface area contributed by atoms with E-state index in [0.29, 0.717) is 16.3 Å². The van der Waals surface area contributed by atoms with Gasteiger partial charge < -0.3 is 9.52 Å². The third-order valence-electron chi connectivity index (χ3n) is 3.77. The summed E-state index contributed by atoms with van der Waals surface area (Å²) in [6, 6.07) is 6.97. The number of aliphatic hydroxyl groups is 1. The van der Waals surface area contributed by atoms with E-state index in [1.54, 1.807) is 24.3 Å². The van der Waals surface area contributed by atoms with E-state index in [0.717, 1.165) is 41.9 Å². The zero-order chi connectivity index (χ0) is 21.8. The third-order valence-corrected chi connectivity index (χ3v) is 4.79. The first-order chi connectivity index (χ1) is 14.0. The van der Waals surface area contributed by atoms with Crippen LogP contribution in [-0.4, -0.2) is 28.7 Å². The topological polar surface area (TPSA) is 76.2 Å². The van der Waals surface area contributed by atoms with E-state index in [1.807, 2.05) is 26.0 Å². The summed E-state index contributed by atoms with van der Waals surface area (Å²) in [7, 11) is 1.00. The number of allylic oxidation sites excluding steroid dienone is 3. The number of aldehydes is 1. The van der Waals surface area contributed by atoms with Crippen LogP contribution < -0.4 is 0 Å². The highest BCUT2D eigenvalue weighted by molar-refractivity contribution is 7.20. The number of hydrogen-bond acceptors (Lipinski definition) is 6. The van der Waals surface area contributed by atoms with Crippen molar-refractivity contribution >= 4 is 33.3 Å². The Morgan fingerprint density at radius 3 is 2.55 bits per heavy atom. The normalized spacial score (nSPS) is 11.7. The van der Waals surface area contributed by atoms with Crippen molar-refractivity contribution in [2.24, 2.45) is 0 Å². The Kier molecular flexibility index (Phi) is 10.7. The zero-order valence-corrected chi connectivity index (χ0v) is 18.0. The number of fused-ring (bicyclic) bond motifs is 1. The highest BCUT2D eigenvalue weighted by Gasteiger charge is 2.21. The first kappa shape index (κ1) is 24.4. The maximum absolute atomic E-state index is 14.7. The zero-order valence-electron chi connectivity index (χ0n) is 17.2. The van der Waals surface area contributed by atoms with Gasteiger partial charge in [0.25, 0.3) is 5.89 Å². The Balaban J connectivity index is 0.000000627. The lowest BCUT2D eigenvalue weighted by atomic mass is 10.1. The van der Waals surface area contributed by atoms with Gasteiger partial charge in [-0.2, -0.15) is 0 Å². The fourth-order valence-corrected chi connectivity index (χ4v) is 3.24. The Bertz CT molecular complexity index is 947. The summed E-state index contributed by atoms with van der Waals surface area (Å²) in [4.78, 5) is 11.5. The molecule has 3 rings (SSSR count). The molecule has 0 amide bonds. The van der Waals surface area contributed by atoms with Gasteiger partial charge in [-0.3, -0.25) is 4.79 Å². The van der Waals surface area contributed by atoms with Gasteiger partial charge in [-0.25, -0.2) is 4.39 Å². The second-order valence-corrected chi connectivity index (χ2v) is 6.98. The van der Waals surface area contributed by atoms with Crippen LogP contribution in [0.15, 0.2) is 47.4 Å². The van der Waals surface area contributed by atoms with E-state index in [1.165, 1.54) is 11.3 Å². The largest absolute Gasteiger partial charge is 0.417 e. The minimum atomic E-state index is -1.49. The summed E-state index contributed by atoms with van der Waals surface area (Å²) >= 11 is 1.33. The van der Waals surface area contributed by atoms with Crippen molar-refractivity contribution in [3.63, 3.8) is 0 Å². The first-order valence-electron chi connectivity index (χ1n) is 9.22. The van der Waals surface area contributed by atoms with Crippen molar-refractivity contribution in [1.82, 2.24) is 10.2 Å². The van der Waals surface area contributed by atoms with Gasteiger partial charge in [0.1, 0.15) is 0 Å². The van der Waals surface area contributed by atoms with Crippen LogP contribution in [0, 0.1) is 0 Å². The Hall–Kier alpha value is -2.64. The number of benzene rings is 1. The minimum Gasteiger partial charge on any atom is -0.417 e. The number of aromatic nitrogens is 2. The van der Waals surface area contributed by atoms with Gasteiger partial charge in [0.05, 0.1) is 4.88 Å². The van der Waals surface area contributed by atoms with E-state index in [4.69, 9.17) is 9.52 Å². The second-order valence-electron chi connectivity index (χ2n) is 5.86. The molecule has 2 aromatic heterocycles. The number of halogens is 1. The molecule has 156 valence electrons. The lowest BCUT2D eigenvalue weighted by molar-refractivity contribution is 0.112. The van der Waals surface area contributed by atoms with Crippen LogP contribution in [0.2, 0.25) is 0 Å². The number of rotatable bonds is 6. The highest BCUT2D eigenvalue weighted by atomic mass is 32.1. The van der Waals surface area contributed by atoms with Crippen LogP contribution in [0.4, 0.5) is 4.39 Å². The lowest BCUT2D eigenvalue weighted by Crippen LogP contribution is -1.94. The van der Waals surface area contributed by atoms with Crippen LogP contribution in [0.5, 0.6) is 0 Å². The van der Waals surface area contributed by atoms with E-state index in [9.17, 15) is 9.18 Å². The summed E-state index contributed by atoms with van der Waals surface area (Å²) in [5, 5.41) is 15.6. The van der Waals surface area contributed by atoms with Crippen molar-refractivity contribution in [1.29, 1.82) is 0 Å². The molecule has 0 fully saturated rings. The van der Waals surface area contributed by atoms with E-state index >= 15 is 0 Å². The number of carbonyl (C=O) groups excluding carboxylic acids is 1. The molecule has 0 aliphatic carbocycles. The van der Waals surface area contributed by atoms with E-state index in [2.05, 4.69) is 23.7 Å². The van der Waals surface area contributed by atoms with Crippen LogP contribution in [0.3, 0.4) is 0 Å². The Morgan fingerprint density at radius 2 is 1.97 bits per heavy atom. The number of hydrogen-bond donors (Lipinski definition) is 1. The molecule has 0 saturated heterocycles. The molecule has 1 unspecified atom stereocenters. The highest BCUT2D eigenvalue weighted by Crippen LogP contribution is 2.32. The van der Waals surface area contributed by atoms with Gasteiger partial charge in [-0.15, -0.1) is 28.1 Å². The molecule has 1 N–H and O–H groups in total. The first-order valence-corrected chi connectivity index (χ1v) is 10.0. The molecule has 7 heteroatoms. The average Bonchev–Trinajstić information content (AvgIpc) is 3.41. The number of carbonyl (C=O) groups is 1. The molecule has 0 bridgehead atoms. The molecule has 0 aliphatic rings. The quantitative estimate of drug-likeness (QED) is 0.383. The molecule has 0 saturated carbocycles. The third kappa shape index (κ3) is 6.73. The number of nitrogens with zero attached hydrogens (tertiary/aromatic N) is 2. The van der Waals surface area contributed by atoms with Crippen LogP contribution in [0.1, 0.15) is 66.8 Å². The van der Waals surface area contributed by atoms with Crippen LogP contribution >= 0.6 is 11.3 Å². The van der Waals surface area contributed by atoms with Crippen molar-refractivity contribution < 1.29 is 18.7 Å². The second kappa shape index (κ2) is 12.7. The summed E-state index contributed by atoms with van der Waals surface area (Å²) in [5.74, 6) is 0.278. The molecular weight excluding hydrogens is 391 g/mol. The molecule has 1 aromatic carbocycles. The fraction of sp³-hybridized carbons (Fsp3) is 0.318. The van der Waals surface area contributed by atoms with Gasteiger partial charge in [0.15, 0.2) is 6.29 Å². The Morgan fingerprint density at radius 1 is 1.28 bits per heavy atom. The van der Waals surface area contributed by atoms with Gasteiger partial charge in [-0.1, -0.05) is 38.1 Å². The maximum atomic E-state index is 14.7. The minimum absolute atomic E-state index is 0.0598. The standard InChI is InChI=1S/C17H15FN2O2S.C4H8.CH4O/c1-3-4-10(2)16-19-20-17(22-16)15(18)12-6-5-11-7-13(9-21)23-14(11)8-12;1-3-4-2;1-2/h4-9,15H,3H2,1-2H3;3H,1,4H2,2H3;2H,1H3/b10-4+;;. The smallest absolute Gasteiger partial charge is 0.255 e. The number of aliphatic hydroxyl groups excluding tert-OH is 1. The van der Waals surface area contributed by atoms with Crippen molar-refractivity contribution in [2.75, 3.05) is 7.11 Å². The van der Waals surface area contributed by atoms with Crippen molar-refractivity contribution in [2.45, 2.75) is 39.8 Å². The molecular formula is C22H27FN2O3S. The molecule has 0 aliphatic heterocycles. The van der Waals surface area contributed by atoms with Gasteiger partial charge >= 0.3 is 0 Å². The SMILES string of the molecule is C=CCC.CC/C=C(\C)c1nnc(C(F)c2ccc3cc(C=O)sc3c2)o1.CO. The van der Waals surface area contributed by atoms with Crippen molar-refractivity contribution in [3.05, 3.63) is 65.2 Å². The lowest BCUT2D eigenvalue weighted by Gasteiger charge is -2.03. The van der Waals surface area contributed by atoms with Gasteiger partial charge in [0, 0.05) is 17.4 Å². The summed E-state index contributed by atoms with van der Waals surface area (Å²) in [5.41, 5.74) is 1.27. The summed E-state index contributed by atoms with van der Waals surface area (Å²) < 4.78 is 21.0. The summed E-state index contributed by atoms with van der Waals surface area (Å²) in [6.07, 6.45) is 5.06. The predicted molar refractivity (Wildman–Crippen MR) is 117 cm³/mol. The molecule has 5 nitrogen and oxygen atoms in total. The number of thiophene rings is 1. The molecule has 0 spiro atoms. The Labute approximate surface area is 174 Å². The predicted octanol–water partition coefficient (Wildman–Crippen LogP) is 6.16. The summed E-state index contributed by atoms with van der Waals surface area (Å²) in [6.45, 7) is 9.40. The fourth-order valence-electron chi connectivity index (χ4n) is 2.32. The monoisotopic (exact) mass is 418 g/mol. The molecule has 0 radical (unpaired) electrons. The van der Waals surface area contributed by atoms with Crippen molar-refractivity contribution in [3.8, 4) is 0 Å². The number of alkyl halides is 1. The van der Waals surface area contributed by atoms with Crippen LogP contribution in [0.25, 0.3) is 15.7 Å². The molecule has 3 aromatic rings. The van der Waals surface area contributed by atoms with Crippen LogP contribution in [-0.2, 0) is 0 Å². The molecule has 29 heavy (non-hydrogen) atoms. The maximum Gasteiger partial charge on any atom is 0.255 e. The van der Waals surface area contributed by atoms with E-state index in [-0.39, 0.29) is 5.89 Å². The average molecular weight is 419 g/mol.